The molecule has 0 atom stereocenters. The smallest absolute Gasteiger partial charge is 0.185 e. The van der Waals surface area contributed by atoms with Gasteiger partial charge in [-0.1, -0.05) is 11.6 Å². The Bertz CT molecular complexity index is 266. The Labute approximate surface area is 57.5 Å². The largest absolute Gasteiger partial charge is 0.352 e. The Kier molecular flexibility index (Phi) is 1.58. The Morgan fingerprint density at radius 2 is 2.33 bits per heavy atom. The van der Waals surface area contributed by atoms with Gasteiger partial charge in [-0.2, -0.15) is 0 Å². The highest BCUT2D eigenvalue weighted by atomic mass is 35.5. The van der Waals surface area contributed by atoms with Crippen LogP contribution < -0.4 is 5.43 Å². The van der Waals surface area contributed by atoms with Crippen molar-refractivity contribution >= 4 is 11.6 Å². The summed E-state index contributed by atoms with van der Waals surface area (Å²) in [6, 6.07) is 1.45. The Morgan fingerprint density at radius 3 is 2.78 bits per heavy atom. The molecule has 0 saturated heterocycles. The molecule has 1 rings (SSSR count). The molecule has 0 aliphatic carbocycles. The molecule has 0 aromatic carbocycles. The van der Waals surface area contributed by atoms with Crippen molar-refractivity contribution in [2.24, 2.45) is 0 Å². The second kappa shape index (κ2) is 2.23. The van der Waals surface area contributed by atoms with Crippen LogP contribution in [0.25, 0.3) is 0 Å². The molecular formula is C6H6ClNO. The maximum absolute atomic E-state index is 10.7. The zero-order valence-electron chi connectivity index (χ0n) is 4.94. The molecule has 0 aliphatic heterocycles. The van der Waals surface area contributed by atoms with E-state index in [0.717, 1.165) is 0 Å². The van der Waals surface area contributed by atoms with Crippen LogP contribution in [0.1, 0.15) is 5.56 Å². The summed E-state index contributed by atoms with van der Waals surface area (Å²) in [4.78, 5) is 13.4. The van der Waals surface area contributed by atoms with Gasteiger partial charge in [0.15, 0.2) is 5.43 Å². The first kappa shape index (κ1) is 6.36. The Hall–Kier alpha value is -0.760. The van der Waals surface area contributed by atoms with Gasteiger partial charge < -0.3 is 4.98 Å². The number of pyridine rings is 1. The van der Waals surface area contributed by atoms with E-state index in [2.05, 4.69) is 4.98 Å². The van der Waals surface area contributed by atoms with Gasteiger partial charge >= 0.3 is 0 Å². The lowest BCUT2D eigenvalue weighted by Crippen LogP contribution is -2.03. The first-order valence-electron chi connectivity index (χ1n) is 2.55. The first-order valence-corrected chi connectivity index (χ1v) is 2.93. The molecule has 1 aromatic heterocycles. The van der Waals surface area contributed by atoms with E-state index >= 15 is 0 Å². The predicted octanol–water partition coefficient (Wildman–Crippen LogP) is 1.34. The van der Waals surface area contributed by atoms with Crippen molar-refractivity contribution in [2.45, 2.75) is 6.92 Å². The monoisotopic (exact) mass is 143 g/mol. The number of halogens is 1. The third kappa shape index (κ3) is 1.13. The second-order valence-corrected chi connectivity index (χ2v) is 2.16. The molecule has 48 valence electrons. The fraction of sp³-hybridized carbons (Fsp3) is 0.167. The molecule has 0 fully saturated rings. The van der Waals surface area contributed by atoms with Gasteiger partial charge in [0.2, 0.25) is 0 Å². The lowest BCUT2D eigenvalue weighted by atomic mass is 10.3. The average Bonchev–Trinajstić information content (AvgIpc) is 1.83. The predicted molar refractivity (Wildman–Crippen MR) is 36.8 cm³/mol. The number of hydrogen-bond donors (Lipinski definition) is 1. The van der Waals surface area contributed by atoms with E-state index in [9.17, 15) is 4.79 Å². The van der Waals surface area contributed by atoms with E-state index in [1.807, 2.05) is 0 Å². The molecule has 1 aromatic rings. The average molecular weight is 144 g/mol. The summed E-state index contributed by atoms with van der Waals surface area (Å²) in [5.41, 5.74) is 0.540. The van der Waals surface area contributed by atoms with Crippen molar-refractivity contribution < 1.29 is 0 Å². The number of aromatic amines is 1. The first-order chi connectivity index (χ1) is 4.22. The van der Waals surface area contributed by atoms with E-state index < -0.39 is 0 Å². The molecule has 1 N–H and O–H groups in total. The molecule has 0 bridgehead atoms. The molecule has 0 saturated carbocycles. The zero-order valence-corrected chi connectivity index (χ0v) is 5.70. The molecule has 2 nitrogen and oxygen atoms in total. The minimum atomic E-state index is -0.0289. The van der Waals surface area contributed by atoms with Gasteiger partial charge in [-0.05, 0) is 6.92 Å². The van der Waals surface area contributed by atoms with Gasteiger partial charge in [-0.3, -0.25) is 4.79 Å². The van der Waals surface area contributed by atoms with Crippen molar-refractivity contribution in [1.82, 2.24) is 4.98 Å². The number of nitrogens with one attached hydrogen (secondary N) is 1. The molecule has 0 unspecified atom stereocenters. The van der Waals surface area contributed by atoms with E-state index in [1.165, 1.54) is 12.3 Å². The van der Waals surface area contributed by atoms with E-state index in [4.69, 9.17) is 11.6 Å². The third-order valence-electron chi connectivity index (χ3n) is 1.14. The standard InChI is InChI=1S/C6H6ClNO/c1-4-5(9)2-3-8-6(4)7/h2-3H,1H3,(H,8,9). The number of hydrogen-bond acceptors (Lipinski definition) is 1. The minimum absolute atomic E-state index is 0.0289. The third-order valence-corrected chi connectivity index (χ3v) is 1.54. The molecular weight excluding hydrogens is 138 g/mol. The Balaban J connectivity index is 3.43. The summed E-state index contributed by atoms with van der Waals surface area (Å²) in [7, 11) is 0. The zero-order chi connectivity index (χ0) is 6.85. The fourth-order valence-electron chi connectivity index (χ4n) is 0.532. The molecule has 0 amide bonds. The van der Waals surface area contributed by atoms with Crippen molar-refractivity contribution in [3.05, 3.63) is 33.2 Å². The highest BCUT2D eigenvalue weighted by molar-refractivity contribution is 6.30. The normalized spacial score (nSPS) is 9.56. The number of H-pyrrole nitrogens is 1. The van der Waals surface area contributed by atoms with Crippen LogP contribution in [0.5, 0.6) is 0 Å². The summed E-state index contributed by atoms with van der Waals surface area (Å²) in [5, 5.41) is 0.419. The minimum Gasteiger partial charge on any atom is -0.352 e. The lowest BCUT2D eigenvalue weighted by molar-refractivity contribution is 1.23. The van der Waals surface area contributed by atoms with Crippen LogP contribution in [-0.4, -0.2) is 4.98 Å². The summed E-state index contributed by atoms with van der Waals surface area (Å²) in [6.45, 7) is 1.68. The van der Waals surface area contributed by atoms with E-state index in [-0.39, 0.29) is 5.43 Å². The van der Waals surface area contributed by atoms with Crippen LogP contribution >= 0.6 is 11.6 Å². The van der Waals surface area contributed by atoms with Crippen molar-refractivity contribution in [3.8, 4) is 0 Å². The van der Waals surface area contributed by atoms with Crippen LogP contribution in [0, 0.1) is 6.92 Å². The molecule has 0 aliphatic rings. The Morgan fingerprint density at radius 1 is 1.67 bits per heavy atom. The van der Waals surface area contributed by atoms with Gasteiger partial charge in [0.25, 0.3) is 0 Å². The van der Waals surface area contributed by atoms with Gasteiger partial charge in [0.05, 0.1) is 0 Å². The summed E-state index contributed by atoms with van der Waals surface area (Å²) in [6.07, 6.45) is 1.53. The fourth-order valence-corrected chi connectivity index (χ4v) is 0.688. The summed E-state index contributed by atoms with van der Waals surface area (Å²) < 4.78 is 0. The summed E-state index contributed by atoms with van der Waals surface area (Å²) in [5.74, 6) is 0. The lowest BCUT2D eigenvalue weighted by Gasteiger charge is -1.91. The van der Waals surface area contributed by atoms with E-state index in [0.29, 0.717) is 10.7 Å². The van der Waals surface area contributed by atoms with Crippen LogP contribution in [0.3, 0.4) is 0 Å². The van der Waals surface area contributed by atoms with Gasteiger partial charge in [0.1, 0.15) is 5.15 Å². The van der Waals surface area contributed by atoms with Gasteiger partial charge in [-0.15, -0.1) is 0 Å². The van der Waals surface area contributed by atoms with Crippen molar-refractivity contribution in [3.63, 3.8) is 0 Å². The number of aromatic nitrogens is 1. The summed E-state index contributed by atoms with van der Waals surface area (Å²) >= 11 is 5.56. The van der Waals surface area contributed by atoms with Gasteiger partial charge in [0, 0.05) is 17.8 Å². The molecule has 1 heterocycles. The molecule has 3 heteroatoms. The molecule has 0 radical (unpaired) electrons. The van der Waals surface area contributed by atoms with E-state index in [1.54, 1.807) is 6.92 Å². The molecule has 0 spiro atoms. The number of rotatable bonds is 0. The quantitative estimate of drug-likeness (QED) is 0.547. The van der Waals surface area contributed by atoms with Crippen LogP contribution in [0.15, 0.2) is 17.1 Å². The van der Waals surface area contributed by atoms with Crippen LogP contribution in [0.4, 0.5) is 0 Å². The highest BCUT2D eigenvalue weighted by Crippen LogP contribution is 2.03. The maximum Gasteiger partial charge on any atom is 0.185 e. The molecule has 9 heavy (non-hydrogen) atoms. The topological polar surface area (TPSA) is 32.9 Å². The van der Waals surface area contributed by atoms with Crippen LogP contribution in [0.2, 0.25) is 5.15 Å². The highest BCUT2D eigenvalue weighted by Gasteiger charge is 1.94. The van der Waals surface area contributed by atoms with Crippen molar-refractivity contribution in [2.75, 3.05) is 0 Å². The maximum atomic E-state index is 10.7. The van der Waals surface area contributed by atoms with Gasteiger partial charge in [-0.25, -0.2) is 0 Å². The van der Waals surface area contributed by atoms with Crippen LogP contribution in [-0.2, 0) is 0 Å². The van der Waals surface area contributed by atoms with Crippen molar-refractivity contribution in [1.29, 1.82) is 0 Å². The second-order valence-electron chi connectivity index (χ2n) is 1.78. The SMILES string of the molecule is Cc1c(Cl)[nH]ccc1=O.